The highest BCUT2D eigenvalue weighted by Crippen LogP contribution is 2.32. The van der Waals surface area contributed by atoms with Crippen molar-refractivity contribution in [1.29, 1.82) is 0 Å². The molecule has 1 amide bonds. The van der Waals surface area contributed by atoms with Crippen LogP contribution in [0.4, 0.5) is 5.69 Å². The van der Waals surface area contributed by atoms with Gasteiger partial charge in [0.15, 0.2) is 0 Å². The summed E-state index contributed by atoms with van der Waals surface area (Å²) in [6, 6.07) is 11.6. The third kappa shape index (κ3) is 5.87. The number of sulfonamides is 1. The number of hydrazone groups is 1. The van der Waals surface area contributed by atoms with E-state index in [0.29, 0.717) is 10.0 Å². The van der Waals surface area contributed by atoms with Crippen molar-refractivity contribution in [2.45, 2.75) is 13.8 Å². The SMILES string of the molecule is Cc1cc(/C=N\NC(=O)CN(c2cc(Cl)ccc2Cl)S(C)(=O)=O)c(C)n1-c1cccc(Cl)c1Cl. The van der Waals surface area contributed by atoms with E-state index in [4.69, 9.17) is 46.4 Å². The van der Waals surface area contributed by atoms with Crippen LogP contribution >= 0.6 is 46.4 Å². The minimum absolute atomic E-state index is 0.0951. The molecule has 0 unspecified atom stereocenters. The Morgan fingerprint density at radius 2 is 1.79 bits per heavy atom. The number of aromatic nitrogens is 1. The highest BCUT2D eigenvalue weighted by atomic mass is 35.5. The Hall–Kier alpha value is -2.23. The number of anilines is 1. The topological polar surface area (TPSA) is 83.8 Å². The van der Waals surface area contributed by atoms with E-state index in [9.17, 15) is 13.2 Å². The molecule has 2 aromatic carbocycles. The molecule has 0 saturated carbocycles. The van der Waals surface area contributed by atoms with Gasteiger partial charge in [-0.1, -0.05) is 52.5 Å². The van der Waals surface area contributed by atoms with Crippen LogP contribution < -0.4 is 9.73 Å². The Morgan fingerprint density at radius 1 is 1.09 bits per heavy atom. The first-order valence-corrected chi connectivity index (χ1v) is 13.1. The highest BCUT2D eigenvalue weighted by Gasteiger charge is 2.23. The Balaban J connectivity index is 1.79. The molecule has 1 heterocycles. The van der Waals surface area contributed by atoms with Crippen LogP contribution in [0.5, 0.6) is 0 Å². The molecule has 12 heteroatoms. The zero-order chi connectivity index (χ0) is 25.2. The van der Waals surface area contributed by atoms with Crippen molar-refractivity contribution in [3.05, 3.63) is 79.5 Å². The van der Waals surface area contributed by atoms with Crippen LogP contribution in [-0.4, -0.2) is 37.9 Å². The summed E-state index contributed by atoms with van der Waals surface area (Å²) in [6.45, 7) is 3.24. The summed E-state index contributed by atoms with van der Waals surface area (Å²) in [4.78, 5) is 12.5. The Labute approximate surface area is 217 Å². The molecule has 1 aromatic heterocycles. The lowest BCUT2D eigenvalue weighted by Gasteiger charge is -2.22. The third-order valence-electron chi connectivity index (χ3n) is 4.90. The molecule has 180 valence electrons. The van der Waals surface area contributed by atoms with Gasteiger partial charge < -0.3 is 4.57 Å². The number of hydrogen-bond acceptors (Lipinski definition) is 4. The van der Waals surface area contributed by atoms with Gasteiger partial charge in [0.1, 0.15) is 6.54 Å². The molecule has 34 heavy (non-hydrogen) atoms. The maximum atomic E-state index is 12.5. The molecule has 3 rings (SSSR count). The molecule has 0 spiro atoms. The van der Waals surface area contributed by atoms with Crippen LogP contribution in [0.2, 0.25) is 20.1 Å². The molecular weight excluding hydrogens is 542 g/mol. The van der Waals surface area contributed by atoms with Crippen molar-refractivity contribution in [2.75, 3.05) is 17.1 Å². The molecule has 0 radical (unpaired) electrons. The third-order valence-corrected chi connectivity index (χ3v) is 7.39. The summed E-state index contributed by atoms with van der Waals surface area (Å²) in [5, 5.41) is 5.25. The average Bonchev–Trinajstić information content (AvgIpc) is 3.02. The van der Waals surface area contributed by atoms with Crippen LogP contribution in [0, 0.1) is 13.8 Å². The molecular formula is C22H20Cl4N4O3S. The maximum absolute atomic E-state index is 12.5. The summed E-state index contributed by atoms with van der Waals surface area (Å²) in [6.07, 6.45) is 2.43. The minimum Gasteiger partial charge on any atom is -0.316 e. The summed E-state index contributed by atoms with van der Waals surface area (Å²) >= 11 is 24.6. The first-order chi connectivity index (χ1) is 15.9. The van der Waals surface area contributed by atoms with E-state index < -0.39 is 22.5 Å². The molecule has 0 fully saturated rings. The smallest absolute Gasteiger partial charge is 0.260 e. The van der Waals surface area contributed by atoms with Crippen LogP contribution in [-0.2, 0) is 14.8 Å². The van der Waals surface area contributed by atoms with Crippen molar-refractivity contribution < 1.29 is 13.2 Å². The van der Waals surface area contributed by atoms with E-state index in [1.807, 2.05) is 30.5 Å². The van der Waals surface area contributed by atoms with E-state index in [-0.39, 0.29) is 15.7 Å². The van der Waals surface area contributed by atoms with E-state index in [0.717, 1.165) is 33.2 Å². The van der Waals surface area contributed by atoms with Gasteiger partial charge in [0, 0.05) is 22.0 Å². The fourth-order valence-corrected chi connectivity index (χ4v) is 5.03. The number of rotatable bonds is 7. The molecule has 7 nitrogen and oxygen atoms in total. The van der Waals surface area contributed by atoms with Crippen molar-refractivity contribution in [3.8, 4) is 5.69 Å². The van der Waals surface area contributed by atoms with Crippen molar-refractivity contribution in [2.24, 2.45) is 5.10 Å². The number of aryl methyl sites for hydroxylation is 1. The van der Waals surface area contributed by atoms with E-state index in [1.165, 1.54) is 24.4 Å². The lowest BCUT2D eigenvalue weighted by Crippen LogP contribution is -2.39. The first-order valence-electron chi connectivity index (χ1n) is 9.78. The number of carbonyl (C=O) groups is 1. The molecule has 3 aromatic rings. The summed E-state index contributed by atoms with van der Waals surface area (Å²) < 4.78 is 27.3. The van der Waals surface area contributed by atoms with Gasteiger partial charge in [-0.3, -0.25) is 9.10 Å². The average molecular weight is 562 g/mol. The van der Waals surface area contributed by atoms with Gasteiger partial charge in [-0.25, -0.2) is 13.8 Å². The molecule has 0 bridgehead atoms. The predicted molar refractivity (Wildman–Crippen MR) is 140 cm³/mol. The number of amides is 1. The highest BCUT2D eigenvalue weighted by molar-refractivity contribution is 7.92. The lowest BCUT2D eigenvalue weighted by atomic mass is 10.2. The van der Waals surface area contributed by atoms with Gasteiger partial charge in [-0.2, -0.15) is 5.10 Å². The van der Waals surface area contributed by atoms with E-state index in [1.54, 1.807) is 12.1 Å². The van der Waals surface area contributed by atoms with Crippen LogP contribution in [0.25, 0.3) is 5.69 Å². The van der Waals surface area contributed by atoms with Gasteiger partial charge in [-0.05, 0) is 50.2 Å². The molecule has 0 saturated heterocycles. The number of hydrogen-bond donors (Lipinski definition) is 1. The zero-order valence-corrected chi connectivity index (χ0v) is 22.2. The van der Waals surface area contributed by atoms with Gasteiger partial charge in [0.05, 0.1) is 38.9 Å². The molecule has 0 atom stereocenters. The standard InChI is InChI=1S/C22H20Cl4N4O3S/c1-13-9-15(14(2)30(13)19-6-4-5-18(25)22(19)26)11-27-28-21(31)12-29(34(3,32)33)20-10-16(23)7-8-17(20)24/h4-11H,12H2,1-3H3,(H,28,31)/b27-11-. The second-order valence-electron chi connectivity index (χ2n) is 7.39. The molecule has 0 aliphatic rings. The Kier molecular flexibility index (Phi) is 8.21. The summed E-state index contributed by atoms with van der Waals surface area (Å²) in [5.74, 6) is -0.663. The van der Waals surface area contributed by atoms with Crippen molar-refractivity contribution in [3.63, 3.8) is 0 Å². The fourth-order valence-electron chi connectivity index (χ4n) is 3.35. The minimum atomic E-state index is -3.83. The molecule has 0 aliphatic heterocycles. The van der Waals surface area contributed by atoms with Gasteiger partial charge >= 0.3 is 0 Å². The number of benzene rings is 2. The summed E-state index contributed by atoms with van der Waals surface area (Å²) in [7, 11) is -3.83. The monoisotopic (exact) mass is 560 g/mol. The second-order valence-corrected chi connectivity index (χ2v) is 10.9. The lowest BCUT2D eigenvalue weighted by molar-refractivity contribution is -0.119. The number of carbonyl (C=O) groups excluding carboxylic acids is 1. The largest absolute Gasteiger partial charge is 0.316 e. The van der Waals surface area contributed by atoms with Gasteiger partial charge in [0.25, 0.3) is 5.91 Å². The normalized spacial score (nSPS) is 11.7. The van der Waals surface area contributed by atoms with Gasteiger partial charge in [0.2, 0.25) is 10.0 Å². The second kappa shape index (κ2) is 10.6. The van der Waals surface area contributed by atoms with Crippen LogP contribution in [0.3, 0.4) is 0 Å². The number of nitrogens with zero attached hydrogens (tertiary/aromatic N) is 3. The number of nitrogens with one attached hydrogen (secondary N) is 1. The van der Waals surface area contributed by atoms with Crippen molar-refractivity contribution >= 4 is 74.2 Å². The van der Waals surface area contributed by atoms with Crippen molar-refractivity contribution in [1.82, 2.24) is 9.99 Å². The van der Waals surface area contributed by atoms with Crippen LogP contribution in [0.1, 0.15) is 17.0 Å². The zero-order valence-electron chi connectivity index (χ0n) is 18.3. The predicted octanol–water partition coefficient (Wildman–Crippen LogP) is 5.62. The van der Waals surface area contributed by atoms with E-state index in [2.05, 4.69) is 10.5 Å². The molecule has 1 N–H and O–H groups in total. The maximum Gasteiger partial charge on any atom is 0.260 e. The summed E-state index contributed by atoms with van der Waals surface area (Å²) in [5.41, 5.74) is 5.59. The van der Waals surface area contributed by atoms with Gasteiger partial charge in [-0.15, -0.1) is 0 Å². The Bertz CT molecular complexity index is 1390. The molecule has 0 aliphatic carbocycles. The van der Waals surface area contributed by atoms with E-state index >= 15 is 0 Å². The quantitative estimate of drug-likeness (QED) is 0.300. The van der Waals surface area contributed by atoms with Crippen LogP contribution in [0.15, 0.2) is 47.6 Å². The first kappa shape index (κ1) is 26.4. The number of halogens is 4. The Morgan fingerprint density at radius 3 is 2.47 bits per heavy atom. The fraction of sp³-hybridized carbons (Fsp3) is 0.182.